The first-order valence-electron chi connectivity index (χ1n) is 6.58. The van der Waals surface area contributed by atoms with Crippen molar-refractivity contribution in [1.82, 2.24) is 0 Å². The second kappa shape index (κ2) is 4.71. The molecule has 2 rings (SSSR count). The summed E-state index contributed by atoms with van der Waals surface area (Å²) < 4.78 is 22.9. The molecule has 0 radical (unpaired) electrons. The van der Waals surface area contributed by atoms with Crippen molar-refractivity contribution in [2.24, 2.45) is 11.3 Å². The number of hydrogen-bond donors (Lipinski definition) is 2. The Bertz CT molecular complexity index is 575. The Morgan fingerprint density at radius 1 is 1.37 bits per heavy atom. The van der Waals surface area contributed by atoms with Crippen LogP contribution in [0, 0.1) is 11.3 Å². The van der Waals surface area contributed by atoms with Crippen LogP contribution >= 0.6 is 0 Å². The standard InChI is InChI=1S/C14H22N2O2S/c1-10(2)14(6-7-14)9-16-13-5-4-11(8-12(13)15)19(3,17)18/h4-5,8,10,16H,6-7,9,15H2,1-3H3. The Morgan fingerprint density at radius 3 is 2.42 bits per heavy atom. The minimum Gasteiger partial charge on any atom is -0.397 e. The molecule has 19 heavy (non-hydrogen) atoms. The van der Waals surface area contributed by atoms with E-state index in [1.165, 1.54) is 25.2 Å². The van der Waals surface area contributed by atoms with E-state index in [0.29, 0.717) is 17.0 Å². The molecule has 0 atom stereocenters. The van der Waals surface area contributed by atoms with E-state index in [4.69, 9.17) is 5.73 Å². The molecule has 106 valence electrons. The van der Waals surface area contributed by atoms with E-state index >= 15 is 0 Å². The lowest BCUT2D eigenvalue weighted by Crippen LogP contribution is -2.21. The quantitative estimate of drug-likeness (QED) is 0.814. The summed E-state index contributed by atoms with van der Waals surface area (Å²) in [5.74, 6) is 0.650. The van der Waals surface area contributed by atoms with Crippen molar-refractivity contribution < 1.29 is 8.42 Å². The van der Waals surface area contributed by atoms with Crippen LogP contribution in [-0.4, -0.2) is 21.2 Å². The van der Waals surface area contributed by atoms with Gasteiger partial charge in [-0.1, -0.05) is 13.8 Å². The van der Waals surface area contributed by atoms with Crippen LogP contribution in [0.4, 0.5) is 11.4 Å². The molecule has 0 amide bonds. The van der Waals surface area contributed by atoms with Gasteiger partial charge in [0.2, 0.25) is 0 Å². The largest absolute Gasteiger partial charge is 0.397 e. The van der Waals surface area contributed by atoms with Crippen molar-refractivity contribution >= 4 is 21.2 Å². The van der Waals surface area contributed by atoms with Crippen LogP contribution < -0.4 is 11.1 Å². The number of rotatable bonds is 5. The van der Waals surface area contributed by atoms with Gasteiger partial charge in [0, 0.05) is 12.8 Å². The van der Waals surface area contributed by atoms with E-state index in [1.54, 1.807) is 12.1 Å². The number of anilines is 2. The SMILES string of the molecule is CC(C)C1(CNc2ccc(S(C)(=O)=O)cc2N)CC1. The average Bonchev–Trinajstić information content (AvgIpc) is 3.07. The Labute approximate surface area is 115 Å². The normalized spacial score (nSPS) is 17.5. The summed E-state index contributed by atoms with van der Waals surface area (Å²) in [5.41, 5.74) is 7.62. The highest BCUT2D eigenvalue weighted by Crippen LogP contribution is 2.51. The number of nitrogen functional groups attached to an aromatic ring is 1. The van der Waals surface area contributed by atoms with Gasteiger partial charge in [0.25, 0.3) is 0 Å². The van der Waals surface area contributed by atoms with Crippen LogP contribution in [0.3, 0.4) is 0 Å². The first-order chi connectivity index (χ1) is 8.74. The summed E-state index contributed by atoms with van der Waals surface area (Å²) >= 11 is 0. The summed E-state index contributed by atoms with van der Waals surface area (Å²) in [4.78, 5) is 0.264. The molecule has 1 aliphatic rings. The lowest BCUT2D eigenvalue weighted by Gasteiger charge is -2.21. The molecule has 1 fully saturated rings. The van der Waals surface area contributed by atoms with Crippen LogP contribution in [0.1, 0.15) is 26.7 Å². The van der Waals surface area contributed by atoms with Crippen LogP contribution in [0.2, 0.25) is 0 Å². The Balaban J connectivity index is 2.10. The van der Waals surface area contributed by atoms with E-state index in [1.807, 2.05) is 0 Å². The highest BCUT2D eigenvalue weighted by atomic mass is 32.2. The fourth-order valence-corrected chi connectivity index (χ4v) is 2.98. The molecule has 1 aromatic carbocycles. The van der Waals surface area contributed by atoms with Crippen molar-refractivity contribution in [3.05, 3.63) is 18.2 Å². The second-order valence-corrected chi connectivity index (χ2v) is 7.91. The number of benzene rings is 1. The summed E-state index contributed by atoms with van der Waals surface area (Å²) in [6, 6.07) is 4.87. The van der Waals surface area contributed by atoms with Gasteiger partial charge in [-0.05, 0) is 42.4 Å². The molecule has 0 saturated heterocycles. The van der Waals surface area contributed by atoms with Crippen molar-refractivity contribution in [2.45, 2.75) is 31.6 Å². The molecule has 1 aliphatic carbocycles. The monoisotopic (exact) mass is 282 g/mol. The van der Waals surface area contributed by atoms with Gasteiger partial charge in [-0.3, -0.25) is 0 Å². The van der Waals surface area contributed by atoms with Crippen molar-refractivity contribution in [1.29, 1.82) is 0 Å². The van der Waals surface area contributed by atoms with Gasteiger partial charge in [-0.2, -0.15) is 0 Å². The van der Waals surface area contributed by atoms with Crippen molar-refractivity contribution in [2.75, 3.05) is 23.9 Å². The lowest BCUT2D eigenvalue weighted by atomic mass is 9.92. The van der Waals surface area contributed by atoms with Crippen molar-refractivity contribution in [3.8, 4) is 0 Å². The molecule has 1 aromatic rings. The maximum atomic E-state index is 11.4. The molecule has 5 heteroatoms. The smallest absolute Gasteiger partial charge is 0.175 e. The maximum absolute atomic E-state index is 11.4. The number of sulfone groups is 1. The summed E-state index contributed by atoms with van der Waals surface area (Å²) in [6.45, 7) is 5.38. The molecular formula is C14H22N2O2S. The van der Waals surface area contributed by atoms with Gasteiger partial charge in [-0.15, -0.1) is 0 Å². The summed E-state index contributed by atoms with van der Waals surface area (Å²) in [5, 5.41) is 3.36. The zero-order valence-corrected chi connectivity index (χ0v) is 12.5. The van der Waals surface area contributed by atoms with Gasteiger partial charge in [0.15, 0.2) is 9.84 Å². The molecule has 0 aromatic heterocycles. The van der Waals surface area contributed by atoms with Gasteiger partial charge in [-0.25, -0.2) is 8.42 Å². The third-order valence-corrected chi connectivity index (χ3v) is 5.31. The Hall–Kier alpha value is -1.23. The Morgan fingerprint density at radius 2 is 2.00 bits per heavy atom. The number of hydrogen-bond acceptors (Lipinski definition) is 4. The third-order valence-electron chi connectivity index (χ3n) is 4.20. The predicted octanol–water partition coefficient (Wildman–Crippen LogP) is 2.52. The van der Waals surface area contributed by atoms with Gasteiger partial charge in [0.05, 0.1) is 16.3 Å². The molecule has 0 spiro atoms. The second-order valence-electron chi connectivity index (χ2n) is 5.89. The highest BCUT2D eigenvalue weighted by molar-refractivity contribution is 7.90. The van der Waals surface area contributed by atoms with Gasteiger partial charge < -0.3 is 11.1 Å². The molecule has 1 saturated carbocycles. The molecule has 3 N–H and O–H groups in total. The van der Waals surface area contributed by atoms with Crippen LogP contribution in [0.25, 0.3) is 0 Å². The van der Waals surface area contributed by atoms with E-state index < -0.39 is 9.84 Å². The molecule has 0 aliphatic heterocycles. The van der Waals surface area contributed by atoms with E-state index in [9.17, 15) is 8.42 Å². The first-order valence-corrected chi connectivity index (χ1v) is 8.47. The molecule has 0 heterocycles. The van der Waals surface area contributed by atoms with Crippen molar-refractivity contribution in [3.63, 3.8) is 0 Å². The minimum atomic E-state index is -3.19. The fourth-order valence-electron chi connectivity index (χ4n) is 2.32. The molecule has 4 nitrogen and oxygen atoms in total. The minimum absolute atomic E-state index is 0.264. The molecule has 0 bridgehead atoms. The topological polar surface area (TPSA) is 72.2 Å². The Kier molecular flexibility index (Phi) is 3.51. The lowest BCUT2D eigenvalue weighted by molar-refractivity contribution is 0.380. The third kappa shape index (κ3) is 3.03. The van der Waals surface area contributed by atoms with E-state index in [-0.39, 0.29) is 4.90 Å². The maximum Gasteiger partial charge on any atom is 0.175 e. The zero-order valence-electron chi connectivity index (χ0n) is 11.7. The predicted molar refractivity (Wildman–Crippen MR) is 79.0 cm³/mol. The average molecular weight is 282 g/mol. The van der Waals surface area contributed by atoms with Gasteiger partial charge in [0.1, 0.15) is 0 Å². The summed E-state index contributed by atoms with van der Waals surface area (Å²) in [7, 11) is -3.19. The highest BCUT2D eigenvalue weighted by Gasteiger charge is 2.44. The van der Waals surface area contributed by atoms with E-state index in [0.717, 1.165) is 12.2 Å². The zero-order chi connectivity index (χ0) is 14.3. The summed E-state index contributed by atoms with van der Waals surface area (Å²) in [6.07, 6.45) is 3.69. The van der Waals surface area contributed by atoms with E-state index in [2.05, 4.69) is 19.2 Å². The molecule has 0 unspecified atom stereocenters. The van der Waals surface area contributed by atoms with Crippen LogP contribution in [-0.2, 0) is 9.84 Å². The van der Waals surface area contributed by atoms with Gasteiger partial charge >= 0.3 is 0 Å². The van der Waals surface area contributed by atoms with Crippen LogP contribution in [0.15, 0.2) is 23.1 Å². The van der Waals surface area contributed by atoms with Crippen LogP contribution in [0.5, 0.6) is 0 Å². The fraction of sp³-hybridized carbons (Fsp3) is 0.571. The number of nitrogens with one attached hydrogen (secondary N) is 1. The number of nitrogens with two attached hydrogens (primary N) is 1. The first kappa shape index (κ1) is 14.2. The molecular weight excluding hydrogens is 260 g/mol.